The highest BCUT2D eigenvalue weighted by Crippen LogP contribution is 1.91. The molecular weight excluding hydrogens is 496 g/mol. The van der Waals surface area contributed by atoms with Crippen molar-refractivity contribution in [2.75, 3.05) is 75.3 Å². The zero-order chi connectivity index (χ0) is 18.3. The molecule has 0 aromatic heterocycles. The molecule has 0 aromatic carbocycles. The smallest absolute Gasteiger partial charge is 0.116 e. The fourth-order valence-corrected chi connectivity index (χ4v) is 2.02. The summed E-state index contributed by atoms with van der Waals surface area (Å²) in [5.41, 5.74) is 0. The zero-order valence-corrected chi connectivity index (χ0v) is 20.3. The van der Waals surface area contributed by atoms with Gasteiger partial charge in [0.1, 0.15) is 12.6 Å². The van der Waals surface area contributed by atoms with Gasteiger partial charge in [0.15, 0.2) is 0 Å². The van der Waals surface area contributed by atoms with E-state index in [-0.39, 0.29) is 61.5 Å². The van der Waals surface area contributed by atoms with E-state index in [4.69, 9.17) is 0 Å². The Kier molecular flexibility index (Phi) is 92.9. The summed E-state index contributed by atoms with van der Waals surface area (Å²) >= 11 is 2.94. The van der Waals surface area contributed by atoms with Crippen LogP contribution >= 0.6 is 15.9 Å². The van der Waals surface area contributed by atoms with Gasteiger partial charge in [0, 0.05) is 0 Å². The predicted molar refractivity (Wildman–Crippen MR) is 145 cm³/mol. The summed E-state index contributed by atoms with van der Waals surface area (Å²) in [7, 11) is 16.5. The molecule has 0 unspecified atom stereocenters. The first-order valence-corrected chi connectivity index (χ1v) is 9.27. The molecule has 0 fully saturated rings. The van der Waals surface area contributed by atoms with Gasteiger partial charge < -0.3 is 17.0 Å². The Labute approximate surface area is 209 Å². The van der Waals surface area contributed by atoms with E-state index < -0.39 is 0 Å². The number of alkyl halides is 1. The van der Waals surface area contributed by atoms with Gasteiger partial charge in [0.2, 0.25) is 0 Å². The molecule has 8 heteroatoms. The second-order valence-corrected chi connectivity index (χ2v) is 5.72. The molecule has 0 heterocycles. The molecule has 0 aliphatic heterocycles. The molecule has 6 nitrogen and oxygen atoms in total. The predicted octanol–water partition coefficient (Wildman–Crippen LogP) is 1.84. The number of nitrogens with zero attached hydrogens (tertiary/aromatic N) is 4. The molecule has 0 bridgehead atoms. The highest BCUT2D eigenvalue weighted by Gasteiger charge is 2.10. The summed E-state index contributed by atoms with van der Waals surface area (Å²) in [6, 6.07) is 0. The van der Waals surface area contributed by atoms with Crippen molar-refractivity contribution in [2.24, 2.45) is 0 Å². The lowest BCUT2D eigenvalue weighted by atomic mass is 10.6. The van der Waals surface area contributed by atoms with Gasteiger partial charge >= 0.3 is 0 Å². The number of rotatable bonds is 8. The molecule has 194 valence electrons. The van der Waals surface area contributed by atoms with Crippen LogP contribution < -0.4 is 27.6 Å². The summed E-state index contributed by atoms with van der Waals surface area (Å²) in [6.07, 6.45) is 0.704. The average molecular weight is 562 g/mol. The highest BCUT2D eigenvalue weighted by atomic mass is 79.9. The number of halogens is 2. The molecule has 0 radical (unpaired) electrons. The molecule has 0 atom stereocenters. The van der Waals surface area contributed by atoms with Crippen molar-refractivity contribution < 1.29 is 17.0 Å². The van der Waals surface area contributed by atoms with Crippen LogP contribution in [-0.4, -0.2) is 107 Å². The maximum Gasteiger partial charge on any atom is 0.116 e. The van der Waals surface area contributed by atoms with Crippen LogP contribution in [0.1, 0.15) is 58.4 Å². The van der Waals surface area contributed by atoms with E-state index in [1.807, 2.05) is 5.83 Å². The van der Waals surface area contributed by atoms with E-state index in [1.54, 1.807) is 0 Å². The van der Waals surface area contributed by atoms with Crippen molar-refractivity contribution in [1.29, 1.82) is 0 Å². The molecule has 0 saturated carbocycles. The molecular formula is C21H65Br2N6-. The lowest BCUT2D eigenvalue weighted by molar-refractivity contribution is -0.00000770. The van der Waals surface area contributed by atoms with Crippen molar-refractivity contribution in [3.8, 4) is 0 Å². The Bertz CT molecular complexity index is 181. The van der Waals surface area contributed by atoms with E-state index in [9.17, 15) is 0 Å². The third-order valence-electron chi connectivity index (χ3n) is 2.73. The SMILES string of the molecule is C.C.C.C.C.C.CBr.CCNC(N(C)C)N(C)C.CCNC(N(C)C)N(C)C.[Br-]. The third kappa shape index (κ3) is 39.7. The van der Waals surface area contributed by atoms with E-state index in [2.05, 4.69) is 116 Å². The van der Waals surface area contributed by atoms with Gasteiger partial charge in [-0.3, -0.25) is 30.2 Å². The molecule has 0 aromatic rings. The summed E-state index contributed by atoms with van der Waals surface area (Å²) in [5, 5.41) is 6.67. The molecule has 29 heavy (non-hydrogen) atoms. The second kappa shape index (κ2) is 42.8. The monoisotopic (exact) mass is 559 g/mol. The minimum absolute atomic E-state index is 0. The van der Waals surface area contributed by atoms with Crippen molar-refractivity contribution >= 4 is 15.9 Å². The Balaban J connectivity index is -0.0000000234. The van der Waals surface area contributed by atoms with Crippen molar-refractivity contribution in [3.05, 3.63) is 0 Å². The lowest BCUT2D eigenvalue weighted by Crippen LogP contribution is -3.00. The zero-order valence-electron chi connectivity index (χ0n) is 17.1. The molecule has 0 aliphatic rings. The summed E-state index contributed by atoms with van der Waals surface area (Å²) < 4.78 is 0. The van der Waals surface area contributed by atoms with Gasteiger partial charge in [-0.2, -0.15) is 0 Å². The molecule has 0 aliphatic carbocycles. The Hall–Kier alpha value is 0.720. The first kappa shape index (κ1) is 63.0. The largest absolute Gasteiger partial charge is 1.00 e. The lowest BCUT2D eigenvalue weighted by Gasteiger charge is -2.30. The van der Waals surface area contributed by atoms with Crippen molar-refractivity contribution in [1.82, 2.24) is 30.2 Å². The van der Waals surface area contributed by atoms with Crippen molar-refractivity contribution in [2.45, 2.75) is 71.0 Å². The van der Waals surface area contributed by atoms with Gasteiger partial charge in [0.25, 0.3) is 0 Å². The molecule has 0 saturated heterocycles. The van der Waals surface area contributed by atoms with Crippen LogP contribution in [0.15, 0.2) is 0 Å². The summed E-state index contributed by atoms with van der Waals surface area (Å²) in [4.78, 5) is 8.57. The van der Waals surface area contributed by atoms with Gasteiger partial charge in [-0.15, -0.1) is 0 Å². The van der Waals surface area contributed by atoms with Crippen LogP contribution in [0.2, 0.25) is 0 Å². The standard InChI is InChI=1S/2C7H19N3.CH3Br.6CH4.BrH/c2*1-6-8-7(9(2)3)10(4)5;1-2;;;;;;;/h2*7-8H,6H2,1-5H3;1H3;6*1H4;1H/p-1. The molecule has 0 amide bonds. The van der Waals surface area contributed by atoms with Crippen LogP contribution in [0.4, 0.5) is 0 Å². The van der Waals surface area contributed by atoms with Crippen molar-refractivity contribution in [3.63, 3.8) is 0 Å². The fraction of sp³-hybridized carbons (Fsp3) is 1.00. The first-order chi connectivity index (χ1) is 10.2. The van der Waals surface area contributed by atoms with E-state index in [0.29, 0.717) is 12.6 Å². The summed E-state index contributed by atoms with van der Waals surface area (Å²) in [5.74, 6) is 1.81. The fourth-order valence-electron chi connectivity index (χ4n) is 2.02. The third-order valence-corrected chi connectivity index (χ3v) is 2.73. The molecule has 0 spiro atoms. The van der Waals surface area contributed by atoms with Crippen LogP contribution in [0.25, 0.3) is 0 Å². The highest BCUT2D eigenvalue weighted by molar-refractivity contribution is 9.08. The van der Waals surface area contributed by atoms with E-state index in [0.717, 1.165) is 13.1 Å². The maximum atomic E-state index is 3.33. The Morgan fingerprint density at radius 2 is 0.655 bits per heavy atom. The first-order valence-electron chi connectivity index (χ1n) is 7.69. The number of nitrogens with one attached hydrogen (secondary N) is 2. The quantitative estimate of drug-likeness (QED) is 0.348. The maximum absolute atomic E-state index is 3.33. The van der Waals surface area contributed by atoms with Gasteiger partial charge in [-0.25, -0.2) is 0 Å². The normalized spacial score (nSPS) is 8.48. The van der Waals surface area contributed by atoms with Gasteiger partial charge in [0.05, 0.1) is 0 Å². The van der Waals surface area contributed by atoms with Crippen LogP contribution in [-0.2, 0) is 0 Å². The van der Waals surface area contributed by atoms with E-state index >= 15 is 0 Å². The summed E-state index contributed by atoms with van der Waals surface area (Å²) in [6.45, 7) is 6.22. The molecule has 0 rings (SSSR count). The van der Waals surface area contributed by atoms with Gasteiger partial charge in [-0.05, 0) is 75.3 Å². The Morgan fingerprint density at radius 3 is 0.690 bits per heavy atom. The average Bonchev–Trinajstić information content (AvgIpc) is 2.43. The van der Waals surface area contributed by atoms with Crippen LogP contribution in [0.5, 0.6) is 0 Å². The topological polar surface area (TPSA) is 37.0 Å². The van der Waals surface area contributed by atoms with Crippen LogP contribution in [0.3, 0.4) is 0 Å². The van der Waals surface area contributed by atoms with Crippen LogP contribution in [0, 0.1) is 0 Å². The minimum atomic E-state index is 0. The number of hydrogen-bond acceptors (Lipinski definition) is 6. The number of hydrogen-bond donors (Lipinski definition) is 2. The Morgan fingerprint density at radius 1 is 0.517 bits per heavy atom. The van der Waals surface area contributed by atoms with Gasteiger partial charge in [-0.1, -0.05) is 74.3 Å². The molecule has 2 N–H and O–H groups in total. The second-order valence-electron chi connectivity index (χ2n) is 5.72. The van der Waals surface area contributed by atoms with E-state index in [1.165, 1.54) is 0 Å². The minimum Gasteiger partial charge on any atom is -1.00 e.